The maximum absolute atomic E-state index is 13.1. The number of methoxy groups -OCH3 is 1. The fourth-order valence-electron chi connectivity index (χ4n) is 1.58. The highest BCUT2D eigenvalue weighted by Gasteiger charge is 2.13. The van der Waals surface area contributed by atoms with Gasteiger partial charge in [0.2, 0.25) is 0 Å². The first kappa shape index (κ1) is 13.5. The first-order valence-electron chi connectivity index (χ1n) is 5.66. The van der Waals surface area contributed by atoms with Crippen LogP contribution in [0, 0.1) is 5.82 Å². The summed E-state index contributed by atoms with van der Waals surface area (Å²) in [6.45, 7) is 1.90. The summed E-state index contributed by atoms with van der Waals surface area (Å²) >= 11 is 1.30. The molecular weight excluding hydrogens is 267 g/mol. The lowest BCUT2D eigenvalue weighted by Gasteiger charge is -2.13. The molecular formula is C13H13FN2O2S. The second-order valence-electron chi connectivity index (χ2n) is 3.95. The molecule has 0 saturated heterocycles. The van der Waals surface area contributed by atoms with Gasteiger partial charge in [0.25, 0.3) is 0 Å². The van der Waals surface area contributed by atoms with Crippen molar-refractivity contribution in [2.45, 2.75) is 13.0 Å². The number of carbonyl (C=O) groups excluding carboxylic acids is 1. The third kappa shape index (κ3) is 3.29. The fraction of sp³-hybridized carbons (Fsp3) is 0.231. The molecule has 1 atom stereocenters. The summed E-state index contributed by atoms with van der Waals surface area (Å²) in [7, 11) is 1.31. The summed E-state index contributed by atoms with van der Waals surface area (Å²) in [5.74, 6) is -0.747. The molecule has 0 aliphatic heterocycles. The summed E-state index contributed by atoms with van der Waals surface area (Å²) in [4.78, 5) is 15.4. The van der Waals surface area contributed by atoms with Crippen LogP contribution < -0.4 is 5.32 Å². The lowest BCUT2D eigenvalue weighted by atomic mass is 10.1. The van der Waals surface area contributed by atoms with Crippen molar-refractivity contribution in [3.8, 4) is 0 Å². The van der Waals surface area contributed by atoms with Gasteiger partial charge in [0.15, 0.2) is 10.8 Å². The van der Waals surface area contributed by atoms with Crippen LogP contribution in [0.2, 0.25) is 0 Å². The molecule has 0 aliphatic rings. The number of hydrogen-bond donors (Lipinski definition) is 1. The third-order valence-electron chi connectivity index (χ3n) is 2.59. The van der Waals surface area contributed by atoms with Crippen LogP contribution >= 0.6 is 11.3 Å². The predicted molar refractivity (Wildman–Crippen MR) is 71.9 cm³/mol. The van der Waals surface area contributed by atoms with Gasteiger partial charge in [0, 0.05) is 5.38 Å². The first-order valence-corrected chi connectivity index (χ1v) is 6.54. The highest BCUT2D eigenvalue weighted by molar-refractivity contribution is 7.13. The van der Waals surface area contributed by atoms with E-state index in [1.54, 1.807) is 11.4 Å². The molecule has 0 saturated carbocycles. The van der Waals surface area contributed by atoms with E-state index < -0.39 is 5.97 Å². The maximum atomic E-state index is 13.1. The first-order chi connectivity index (χ1) is 9.10. The Labute approximate surface area is 114 Å². The summed E-state index contributed by atoms with van der Waals surface area (Å²) in [6.07, 6.45) is 0. The zero-order chi connectivity index (χ0) is 13.8. The van der Waals surface area contributed by atoms with Crippen LogP contribution in [0.25, 0.3) is 0 Å². The van der Waals surface area contributed by atoms with E-state index in [9.17, 15) is 9.18 Å². The number of nitrogens with one attached hydrogen (secondary N) is 1. The van der Waals surface area contributed by atoms with Crippen molar-refractivity contribution >= 4 is 22.4 Å². The number of ether oxygens (including phenoxy) is 1. The molecule has 0 fully saturated rings. The number of anilines is 1. The van der Waals surface area contributed by atoms with Crippen molar-refractivity contribution in [1.29, 1.82) is 0 Å². The lowest BCUT2D eigenvalue weighted by Crippen LogP contribution is -2.07. The van der Waals surface area contributed by atoms with Crippen LogP contribution in [0.15, 0.2) is 29.6 Å². The Kier molecular flexibility index (Phi) is 4.11. The Bertz CT molecular complexity index is 586. The highest BCUT2D eigenvalue weighted by atomic mass is 32.1. The van der Waals surface area contributed by atoms with E-state index in [1.807, 2.05) is 13.0 Å². The molecule has 19 heavy (non-hydrogen) atoms. The number of rotatable bonds is 4. The smallest absolute Gasteiger partial charge is 0.357 e. The van der Waals surface area contributed by atoms with E-state index in [2.05, 4.69) is 15.0 Å². The Morgan fingerprint density at radius 1 is 1.53 bits per heavy atom. The largest absolute Gasteiger partial charge is 0.464 e. The summed E-state index contributed by atoms with van der Waals surface area (Å²) in [5.41, 5.74) is 1.08. The van der Waals surface area contributed by atoms with Crippen molar-refractivity contribution in [2.75, 3.05) is 12.4 Å². The number of aromatic nitrogens is 1. The van der Waals surface area contributed by atoms with Crippen LogP contribution in [-0.2, 0) is 4.74 Å². The number of thiazole rings is 1. The van der Waals surface area contributed by atoms with E-state index in [-0.39, 0.29) is 17.6 Å². The predicted octanol–water partition coefficient (Wildman–Crippen LogP) is 3.24. The fourth-order valence-corrected chi connectivity index (χ4v) is 2.35. The summed E-state index contributed by atoms with van der Waals surface area (Å²) in [6, 6.07) is 6.24. The van der Waals surface area contributed by atoms with Crippen molar-refractivity contribution in [3.63, 3.8) is 0 Å². The summed E-state index contributed by atoms with van der Waals surface area (Å²) < 4.78 is 17.7. The monoisotopic (exact) mass is 280 g/mol. The van der Waals surface area contributed by atoms with Gasteiger partial charge < -0.3 is 10.1 Å². The number of nitrogens with zero attached hydrogens (tertiary/aromatic N) is 1. The number of benzene rings is 1. The molecule has 1 aromatic carbocycles. The van der Waals surface area contributed by atoms with Gasteiger partial charge in [-0.15, -0.1) is 11.3 Å². The Balaban J connectivity index is 2.08. The van der Waals surface area contributed by atoms with E-state index in [0.717, 1.165) is 5.56 Å². The summed E-state index contributed by atoms with van der Waals surface area (Å²) in [5, 5.41) is 5.33. The minimum absolute atomic E-state index is 0.104. The SMILES string of the molecule is COC(=O)c1csc(NC(C)c2cccc(F)c2)n1. The average Bonchev–Trinajstić information content (AvgIpc) is 2.86. The molecule has 2 aromatic rings. The second-order valence-corrected chi connectivity index (χ2v) is 4.81. The number of carbonyl (C=O) groups is 1. The molecule has 1 heterocycles. The molecule has 1 unspecified atom stereocenters. The van der Waals surface area contributed by atoms with Crippen LogP contribution in [0.3, 0.4) is 0 Å². The highest BCUT2D eigenvalue weighted by Crippen LogP contribution is 2.23. The molecule has 6 heteroatoms. The normalized spacial score (nSPS) is 11.9. The molecule has 0 amide bonds. The van der Waals surface area contributed by atoms with Crippen molar-refractivity contribution < 1.29 is 13.9 Å². The zero-order valence-electron chi connectivity index (χ0n) is 10.5. The molecule has 0 radical (unpaired) electrons. The Morgan fingerprint density at radius 2 is 2.32 bits per heavy atom. The minimum Gasteiger partial charge on any atom is -0.464 e. The van der Waals surface area contributed by atoms with E-state index >= 15 is 0 Å². The van der Waals surface area contributed by atoms with Gasteiger partial charge in [-0.2, -0.15) is 0 Å². The van der Waals surface area contributed by atoms with Crippen molar-refractivity contribution in [2.24, 2.45) is 0 Å². The van der Waals surface area contributed by atoms with Gasteiger partial charge in [-0.05, 0) is 24.6 Å². The third-order valence-corrected chi connectivity index (χ3v) is 3.36. The molecule has 100 valence electrons. The zero-order valence-corrected chi connectivity index (χ0v) is 11.3. The minimum atomic E-state index is -0.470. The Morgan fingerprint density at radius 3 is 3.00 bits per heavy atom. The number of esters is 1. The van der Waals surface area contributed by atoms with E-state index in [4.69, 9.17) is 0 Å². The van der Waals surface area contributed by atoms with Gasteiger partial charge in [-0.25, -0.2) is 14.2 Å². The second kappa shape index (κ2) is 5.79. The molecule has 1 N–H and O–H groups in total. The number of halogens is 1. The molecule has 4 nitrogen and oxygen atoms in total. The van der Waals surface area contributed by atoms with Gasteiger partial charge in [-0.3, -0.25) is 0 Å². The standard InChI is InChI=1S/C13H13FN2O2S/c1-8(9-4-3-5-10(14)6-9)15-13-16-11(7-19-13)12(17)18-2/h3-8H,1-2H3,(H,15,16). The van der Waals surface area contributed by atoms with Gasteiger partial charge in [0.1, 0.15) is 5.82 Å². The van der Waals surface area contributed by atoms with Gasteiger partial charge in [-0.1, -0.05) is 12.1 Å². The van der Waals surface area contributed by atoms with Crippen LogP contribution in [0.4, 0.5) is 9.52 Å². The maximum Gasteiger partial charge on any atom is 0.357 e. The van der Waals surface area contributed by atoms with Gasteiger partial charge in [0.05, 0.1) is 13.2 Å². The van der Waals surface area contributed by atoms with Gasteiger partial charge >= 0.3 is 5.97 Å². The molecule has 0 aliphatic carbocycles. The Hall–Kier alpha value is -1.95. The lowest BCUT2D eigenvalue weighted by molar-refractivity contribution is 0.0595. The topological polar surface area (TPSA) is 51.2 Å². The van der Waals surface area contributed by atoms with E-state index in [0.29, 0.717) is 5.13 Å². The molecule has 1 aromatic heterocycles. The number of hydrogen-bond acceptors (Lipinski definition) is 5. The van der Waals surface area contributed by atoms with Crippen LogP contribution in [0.1, 0.15) is 29.0 Å². The molecule has 2 rings (SSSR count). The van der Waals surface area contributed by atoms with Crippen LogP contribution in [-0.4, -0.2) is 18.1 Å². The quantitative estimate of drug-likeness (QED) is 0.873. The van der Waals surface area contributed by atoms with E-state index in [1.165, 1.54) is 30.6 Å². The van der Waals surface area contributed by atoms with Crippen molar-refractivity contribution in [1.82, 2.24) is 4.98 Å². The molecule has 0 bridgehead atoms. The van der Waals surface area contributed by atoms with Crippen molar-refractivity contribution in [3.05, 3.63) is 46.7 Å². The van der Waals surface area contributed by atoms with Crippen LogP contribution in [0.5, 0.6) is 0 Å². The molecule has 0 spiro atoms. The average molecular weight is 280 g/mol.